The Morgan fingerprint density at radius 2 is 1.32 bits per heavy atom. The van der Waals surface area contributed by atoms with E-state index < -0.39 is 5.31 Å². The molecule has 0 unspecified atom stereocenters. The molecule has 192 valence electrons. The second-order valence-corrected chi connectivity index (χ2v) is 18.5. The van der Waals surface area contributed by atoms with Gasteiger partial charge in [-0.15, -0.1) is 0 Å². The summed E-state index contributed by atoms with van der Waals surface area (Å²) in [6.07, 6.45) is 3.22. The summed E-state index contributed by atoms with van der Waals surface area (Å²) < 4.78 is 6.22. The SMILES string of the molecule is CCCc1cc(OCCCP(Br)(c2ccccc2)(c2ccccc2)c2ccccc2)cc(C(C)=O)c1O. The van der Waals surface area contributed by atoms with Gasteiger partial charge in [-0.3, -0.25) is 0 Å². The Morgan fingerprint density at radius 1 is 0.838 bits per heavy atom. The first-order valence-electron chi connectivity index (χ1n) is 12.8. The Hall–Kier alpha value is -2.94. The van der Waals surface area contributed by atoms with Crippen LogP contribution in [0.2, 0.25) is 0 Å². The minimum atomic E-state index is -3.00. The van der Waals surface area contributed by atoms with Gasteiger partial charge in [-0.2, -0.15) is 0 Å². The van der Waals surface area contributed by atoms with E-state index in [2.05, 4.69) is 113 Å². The number of hydrogen-bond donors (Lipinski definition) is 1. The molecule has 0 fully saturated rings. The predicted molar refractivity (Wildman–Crippen MR) is 161 cm³/mol. The van der Waals surface area contributed by atoms with Gasteiger partial charge in [-0.05, 0) is 0 Å². The van der Waals surface area contributed by atoms with Crippen molar-refractivity contribution in [2.24, 2.45) is 0 Å². The van der Waals surface area contributed by atoms with E-state index in [1.54, 1.807) is 6.07 Å². The predicted octanol–water partition coefficient (Wildman–Crippen LogP) is 7.16. The second kappa shape index (κ2) is 11.6. The van der Waals surface area contributed by atoms with Crippen molar-refractivity contribution in [2.75, 3.05) is 12.8 Å². The summed E-state index contributed by atoms with van der Waals surface area (Å²) in [5.74, 6) is 0.535. The summed E-state index contributed by atoms with van der Waals surface area (Å²) in [6.45, 7) is 4.02. The summed E-state index contributed by atoms with van der Waals surface area (Å²) in [4.78, 5) is 12.1. The van der Waals surface area contributed by atoms with Gasteiger partial charge in [0.25, 0.3) is 0 Å². The molecule has 5 heteroatoms. The zero-order valence-corrected chi connectivity index (χ0v) is 23.9. The van der Waals surface area contributed by atoms with E-state index in [0.29, 0.717) is 24.3 Å². The first-order chi connectivity index (χ1) is 17.9. The molecule has 0 saturated heterocycles. The maximum atomic E-state index is 12.1. The van der Waals surface area contributed by atoms with Crippen molar-refractivity contribution in [1.29, 1.82) is 0 Å². The number of phenols is 1. The normalized spacial score (nSPS) is 12.5. The van der Waals surface area contributed by atoms with Crippen LogP contribution in [0.5, 0.6) is 11.5 Å². The summed E-state index contributed by atoms with van der Waals surface area (Å²) in [6, 6.07) is 35.7. The number of Topliss-reactive ketones (excluding diaryl/α,β-unsaturated/α-hetero) is 1. The average Bonchev–Trinajstić information content (AvgIpc) is 2.94. The van der Waals surface area contributed by atoms with Crippen LogP contribution < -0.4 is 20.7 Å². The van der Waals surface area contributed by atoms with Crippen molar-refractivity contribution in [3.63, 3.8) is 0 Å². The molecule has 4 aromatic rings. The van der Waals surface area contributed by atoms with Gasteiger partial charge in [-0.1, -0.05) is 0 Å². The van der Waals surface area contributed by atoms with Gasteiger partial charge in [0.1, 0.15) is 0 Å². The van der Waals surface area contributed by atoms with Crippen LogP contribution in [0, 0.1) is 0 Å². The fourth-order valence-corrected chi connectivity index (χ4v) is 12.7. The molecule has 4 rings (SSSR count). The van der Waals surface area contributed by atoms with Crippen LogP contribution in [0.25, 0.3) is 0 Å². The van der Waals surface area contributed by atoms with E-state index in [0.717, 1.165) is 24.6 Å². The van der Waals surface area contributed by atoms with Gasteiger partial charge in [0, 0.05) is 0 Å². The van der Waals surface area contributed by atoms with E-state index >= 15 is 0 Å². The average molecular weight is 577 g/mol. The number of benzene rings is 4. The fraction of sp³-hybridized carbons (Fsp3) is 0.219. The Bertz CT molecular complexity index is 1240. The molecule has 0 heterocycles. The molecular weight excluding hydrogens is 543 g/mol. The Balaban J connectivity index is 1.70. The number of halogens is 1. The zero-order chi connectivity index (χ0) is 26.3. The van der Waals surface area contributed by atoms with Crippen LogP contribution in [0.1, 0.15) is 42.6 Å². The van der Waals surface area contributed by atoms with Gasteiger partial charge in [0.15, 0.2) is 0 Å². The van der Waals surface area contributed by atoms with Gasteiger partial charge in [0.2, 0.25) is 0 Å². The molecule has 0 saturated carbocycles. The van der Waals surface area contributed by atoms with Crippen LogP contribution in [0.4, 0.5) is 0 Å². The molecule has 0 aliphatic rings. The van der Waals surface area contributed by atoms with Gasteiger partial charge in [0.05, 0.1) is 0 Å². The molecule has 0 radical (unpaired) electrons. The number of carbonyl (C=O) groups is 1. The monoisotopic (exact) mass is 576 g/mol. The minimum absolute atomic E-state index is 0.0734. The van der Waals surface area contributed by atoms with E-state index in [9.17, 15) is 9.90 Å². The third kappa shape index (κ3) is 5.37. The first-order valence-corrected chi connectivity index (χ1v) is 17.2. The standard InChI is InChI=1S/C32H34BrO3P/c1-3-14-26-23-27(24-31(25(2)34)32(26)35)36-21-13-22-37(33,28-15-7-4-8-16-28,29-17-9-5-10-18-29)30-19-11-6-12-20-30/h4-12,15-20,23-24,35H,3,13-14,21-22H2,1-2H3. The van der Waals surface area contributed by atoms with Crippen molar-refractivity contribution in [3.05, 3.63) is 114 Å². The Labute approximate surface area is 228 Å². The van der Waals surface area contributed by atoms with Crippen LogP contribution in [0.15, 0.2) is 103 Å². The molecule has 0 aliphatic carbocycles. The first kappa shape index (κ1) is 27.1. The van der Waals surface area contributed by atoms with Crippen LogP contribution >= 0.6 is 20.8 Å². The van der Waals surface area contributed by atoms with E-state index in [4.69, 9.17) is 4.74 Å². The Morgan fingerprint density at radius 3 is 1.76 bits per heavy atom. The molecule has 3 nitrogen and oxygen atoms in total. The number of aromatic hydroxyl groups is 1. The molecule has 0 amide bonds. The zero-order valence-electron chi connectivity index (χ0n) is 21.4. The van der Waals surface area contributed by atoms with Crippen LogP contribution in [0.3, 0.4) is 0 Å². The molecule has 4 aromatic carbocycles. The van der Waals surface area contributed by atoms with Crippen LogP contribution in [-0.4, -0.2) is 23.7 Å². The van der Waals surface area contributed by atoms with Crippen molar-refractivity contribution < 1.29 is 14.6 Å². The molecule has 0 aliphatic heterocycles. The molecule has 0 bridgehead atoms. The number of rotatable bonds is 11. The Kier molecular flexibility index (Phi) is 8.52. The third-order valence-electron chi connectivity index (χ3n) is 6.94. The summed E-state index contributed by atoms with van der Waals surface area (Å²) in [5.41, 5.74) is 1.07. The third-order valence-corrected chi connectivity index (χ3v) is 17.0. The number of carbonyl (C=O) groups excluding carboxylic acids is 1. The maximum absolute atomic E-state index is 12.1. The molecule has 0 aromatic heterocycles. The van der Waals surface area contributed by atoms with E-state index in [-0.39, 0.29) is 11.5 Å². The molecular formula is C32H34BrO3P. The van der Waals surface area contributed by atoms with Gasteiger partial charge < -0.3 is 0 Å². The van der Waals surface area contributed by atoms with Gasteiger partial charge >= 0.3 is 229 Å². The topological polar surface area (TPSA) is 46.5 Å². The summed E-state index contributed by atoms with van der Waals surface area (Å²) in [7, 11) is 0. The summed E-state index contributed by atoms with van der Waals surface area (Å²) >= 11 is 4.47. The summed E-state index contributed by atoms with van der Waals surface area (Å²) in [5, 5.41) is 11.4. The second-order valence-electron chi connectivity index (χ2n) is 9.40. The number of ketones is 1. The molecule has 1 N–H and O–H groups in total. The fourth-order valence-electron chi connectivity index (χ4n) is 5.08. The number of aryl methyl sites for hydroxylation is 1. The van der Waals surface area contributed by atoms with Crippen molar-refractivity contribution in [3.8, 4) is 11.5 Å². The number of hydrogen-bond acceptors (Lipinski definition) is 3. The van der Waals surface area contributed by atoms with Crippen molar-refractivity contribution >= 4 is 42.5 Å². The van der Waals surface area contributed by atoms with Crippen LogP contribution in [-0.2, 0) is 6.42 Å². The van der Waals surface area contributed by atoms with E-state index in [1.165, 1.54) is 22.8 Å². The van der Waals surface area contributed by atoms with Crippen molar-refractivity contribution in [1.82, 2.24) is 0 Å². The number of phenolic OH excluding ortho intramolecular Hbond substituents is 1. The van der Waals surface area contributed by atoms with Gasteiger partial charge in [-0.25, -0.2) is 0 Å². The number of ether oxygens (including phenoxy) is 1. The van der Waals surface area contributed by atoms with E-state index in [1.807, 2.05) is 6.07 Å². The van der Waals surface area contributed by atoms with Crippen molar-refractivity contribution in [2.45, 2.75) is 33.1 Å². The molecule has 37 heavy (non-hydrogen) atoms. The quantitative estimate of drug-likeness (QED) is 0.117. The molecule has 0 spiro atoms. The molecule has 0 atom stereocenters.